The first-order valence-corrected chi connectivity index (χ1v) is 12.8. The normalized spacial score (nSPS) is 25.5. The zero-order valence-corrected chi connectivity index (χ0v) is 19.8. The largest absolute Gasteiger partial charge is 0.377 e. The fourth-order valence-corrected chi connectivity index (χ4v) is 6.11. The van der Waals surface area contributed by atoms with Gasteiger partial charge < -0.3 is 25.3 Å². The topological polar surface area (TPSA) is 101 Å². The highest BCUT2D eigenvalue weighted by molar-refractivity contribution is 6.03. The van der Waals surface area contributed by atoms with Gasteiger partial charge in [0.1, 0.15) is 5.69 Å². The number of rotatable bonds is 5. The van der Waals surface area contributed by atoms with Crippen LogP contribution >= 0.6 is 0 Å². The summed E-state index contributed by atoms with van der Waals surface area (Å²) >= 11 is 0. The average Bonchev–Trinajstić information content (AvgIpc) is 3.58. The average molecular weight is 477 g/mol. The van der Waals surface area contributed by atoms with Gasteiger partial charge in [-0.2, -0.15) is 0 Å². The van der Waals surface area contributed by atoms with Crippen molar-refractivity contribution in [2.24, 2.45) is 5.92 Å². The van der Waals surface area contributed by atoms with E-state index in [1.807, 2.05) is 24.3 Å². The van der Waals surface area contributed by atoms with Crippen molar-refractivity contribution in [2.45, 2.75) is 62.6 Å². The molecule has 2 unspecified atom stereocenters. The van der Waals surface area contributed by atoms with Crippen LogP contribution in [0.3, 0.4) is 0 Å². The second-order valence-electron chi connectivity index (χ2n) is 10.5. The van der Waals surface area contributed by atoms with Gasteiger partial charge in [0.15, 0.2) is 0 Å². The molecule has 2 aromatic rings. The molecular formula is C27H32N4O4. The Morgan fingerprint density at radius 2 is 1.83 bits per heavy atom. The van der Waals surface area contributed by atoms with E-state index in [2.05, 4.69) is 20.5 Å². The van der Waals surface area contributed by atoms with Gasteiger partial charge in [-0.25, -0.2) is 0 Å². The Kier molecular flexibility index (Phi) is 5.63. The molecule has 3 N–H and O–H groups in total. The van der Waals surface area contributed by atoms with E-state index < -0.39 is 0 Å². The van der Waals surface area contributed by atoms with Crippen molar-refractivity contribution in [1.82, 2.24) is 20.5 Å². The van der Waals surface area contributed by atoms with Crippen LogP contribution in [0.15, 0.2) is 36.4 Å². The maximum Gasteiger partial charge on any atom is 0.268 e. The molecule has 8 heteroatoms. The van der Waals surface area contributed by atoms with Crippen LogP contribution in [0.1, 0.15) is 65.8 Å². The van der Waals surface area contributed by atoms with Crippen LogP contribution < -0.4 is 16.0 Å². The standard InChI is InChI=1S/C27H32N4O4/c32-24(9-6-17-4-1-2-5-17)29-20-14-35-15-21(20)30-25(33)19-8-7-18-12-23-26(34)28-16-27(10-3-11-27)31(23)22(18)13-19/h6-9,12-13,17,20-21H,1-5,10-11,14-16H2,(H,28,34)(H,29,32)(H,30,33)/b9-6+. The summed E-state index contributed by atoms with van der Waals surface area (Å²) in [5.74, 6) is 0.0860. The van der Waals surface area contributed by atoms with Crippen LogP contribution in [0.2, 0.25) is 0 Å². The van der Waals surface area contributed by atoms with Crippen molar-refractivity contribution in [3.05, 3.63) is 47.7 Å². The summed E-state index contributed by atoms with van der Waals surface area (Å²) in [6.45, 7) is 1.36. The summed E-state index contributed by atoms with van der Waals surface area (Å²) in [7, 11) is 0. The molecule has 2 saturated carbocycles. The Morgan fingerprint density at radius 1 is 1.06 bits per heavy atom. The summed E-state index contributed by atoms with van der Waals surface area (Å²) in [6, 6.07) is 6.94. The minimum Gasteiger partial charge on any atom is -0.377 e. The molecule has 6 rings (SSSR count). The zero-order valence-electron chi connectivity index (χ0n) is 19.8. The zero-order chi connectivity index (χ0) is 24.0. The third kappa shape index (κ3) is 4.03. The van der Waals surface area contributed by atoms with Crippen molar-refractivity contribution in [3.63, 3.8) is 0 Å². The maximum absolute atomic E-state index is 13.2. The van der Waals surface area contributed by atoms with E-state index in [0.717, 1.165) is 43.0 Å². The van der Waals surface area contributed by atoms with Crippen molar-refractivity contribution in [3.8, 4) is 0 Å². The monoisotopic (exact) mass is 476 g/mol. The molecule has 3 amide bonds. The first-order valence-electron chi connectivity index (χ1n) is 12.8. The first kappa shape index (κ1) is 22.3. The highest BCUT2D eigenvalue weighted by Gasteiger charge is 2.44. The Balaban J connectivity index is 1.17. The fraction of sp³-hybridized carbons (Fsp3) is 0.519. The third-order valence-electron chi connectivity index (χ3n) is 8.28. The highest BCUT2D eigenvalue weighted by Crippen LogP contribution is 2.44. The van der Waals surface area contributed by atoms with Crippen molar-refractivity contribution >= 4 is 28.6 Å². The number of carbonyl (C=O) groups excluding carboxylic acids is 3. The summed E-state index contributed by atoms with van der Waals surface area (Å²) in [5.41, 5.74) is 2.05. The number of allylic oxidation sites excluding steroid dienone is 1. The van der Waals surface area contributed by atoms with Gasteiger partial charge in [-0.15, -0.1) is 0 Å². The van der Waals surface area contributed by atoms with E-state index in [9.17, 15) is 14.4 Å². The van der Waals surface area contributed by atoms with Gasteiger partial charge in [-0.05, 0) is 62.3 Å². The Hall–Kier alpha value is -3.13. The number of carbonyl (C=O) groups is 3. The van der Waals surface area contributed by atoms with Crippen molar-refractivity contribution in [1.29, 1.82) is 0 Å². The molecule has 2 aliphatic heterocycles. The molecule has 2 atom stereocenters. The van der Waals surface area contributed by atoms with E-state index in [1.165, 1.54) is 12.8 Å². The number of nitrogens with zero attached hydrogens (tertiary/aromatic N) is 1. The number of benzene rings is 1. The second-order valence-corrected chi connectivity index (χ2v) is 10.5. The van der Waals surface area contributed by atoms with Gasteiger partial charge in [0, 0.05) is 17.5 Å². The van der Waals surface area contributed by atoms with E-state index in [4.69, 9.17) is 4.74 Å². The highest BCUT2D eigenvalue weighted by atomic mass is 16.5. The summed E-state index contributed by atoms with van der Waals surface area (Å²) < 4.78 is 7.73. The molecule has 1 spiro atoms. The molecule has 1 aromatic heterocycles. The van der Waals surface area contributed by atoms with Crippen LogP contribution in [-0.4, -0.2) is 54.1 Å². The molecule has 35 heavy (non-hydrogen) atoms. The SMILES string of the molecule is O=C(/C=C/C1CCCC1)NC1COCC1NC(=O)c1ccc2cc3n(c2c1)C1(CCC1)CNC3=O. The summed E-state index contributed by atoms with van der Waals surface area (Å²) in [5, 5.41) is 10.0. The van der Waals surface area contributed by atoms with E-state index in [-0.39, 0.29) is 35.3 Å². The fourth-order valence-electron chi connectivity index (χ4n) is 6.11. The molecular weight excluding hydrogens is 444 g/mol. The molecule has 3 fully saturated rings. The quantitative estimate of drug-likeness (QED) is 0.578. The Labute approximate surface area is 204 Å². The number of nitrogens with one attached hydrogen (secondary N) is 3. The van der Waals surface area contributed by atoms with Crippen molar-refractivity contribution in [2.75, 3.05) is 19.8 Å². The van der Waals surface area contributed by atoms with Gasteiger partial charge in [0.05, 0.1) is 36.4 Å². The van der Waals surface area contributed by atoms with Crippen molar-refractivity contribution < 1.29 is 19.1 Å². The first-order chi connectivity index (χ1) is 17.0. The van der Waals surface area contributed by atoms with Gasteiger partial charge in [0.25, 0.3) is 11.8 Å². The summed E-state index contributed by atoms with van der Waals surface area (Å²) in [4.78, 5) is 38.1. The Bertz CT molecular complexity index is 1210. The molecule has 1 saturated heterocycles. The molecule has 8 nitrogen and oxygen atoms in total. The lowest BCUT2D eigenvalue weighted by atomic mass is 9.75. The van der Waals surface area contributed by atoms with Gasteiger partial charge in [-0.1, -0.05) is 25.0 Å². The number of hydrogen-bond donors (Lipinski definition) is 3. The van der Waals surface area contributed by atoms with Crippen LogP contribution in [0.25, 0.3) is 10.9 Å². The minimum atomic E-state index is -0.299. The molecule has 0 bridgehead atoms. The lowest BCUT2D eigenvalue weighted by Crippen LogP contribution is -2.55. The van der Waals surface area contributed by atoms with Crippen LogP contribution in [-0.2, 0) is 15.1 Å². The summed E-state index contributed by atoms with van der Waals surface area (Å²) in [6.07, 6.45) is 11.6. The third-order valence-corrected chi connectivity index (χ3v) is 8.28. The minimum absolute atomic E-state index is 0.0617. The van der Waals surface area contributed by atoms with E-state index >= 15 is 0 Å². The predicted octanol–water partition coefficient (Wildman–Crippen LogP) is 2.62. The number of aromatic nitrogens is 1. The molecule has 2 aliphatic carbocycles. The lowest BCUT2D eigenvalue weighted by molar-refractivity contribution is -0.117. The number of fused-ring (bicyclic) bond motifs is 4. The van der Waals surface area contributed by atoms with Gasteiger partial charge in [-0.3, -0.25) is 14.4 Å². The molecule has 0 radical (unpaired) electrons. The van der Waals surface area contributed by atoms with Crippen LogP contribution in [0.4, 0.5) is 0 Å². The Morgan fingerprint density at radius 3 is 2.57 bits per heavy atom. The molecule has 4 aliphatic rings. The van der Waals surface area contributed by atoms with Gasteiger partial charge in [0.2, 0.25) is 5.91 Å². The van der Waals surface area contributed by atoms with Crippen LogP contribution in [0.5, 0.6) is 0 Å². The van der Waals surface area contributed by atoms with Gasteiger partial charge >= 0.3 is 0 Å². The second kappa shape index (κ2) is 8.82. The molecule has 184 valence electrons. The molecule has 3 heterocycles. The lowest BCUT2D eigenvalue weighted by Gasteiger charge is -2.47. The maximum atomic E-state index is 13.2. The number of amides is 3. The number of ether oxygens (including phenoxy) is 1. The smallest absolute Gasteiger partial charge is 0.268 e. The van der Waals surface area contributed by atoms with E-state index in [0.29, 0.717) is 36.9 Å². The van der Waals surface area contributed by atoms with E-state index in [1.54, 1.807) is 12.1 Å². The predicted molar refractivity (Wildman–Crippen MR) is 131 cm³/mol. The van der Waals surface area contributed by atoms with Crippen LogP contribution in [0, 0.1) is 5.92 Å². The molecule has 1 aromatic carbocycles. The number of hydrogen-bond acceptors (Lipinski definition) is 4.